The average Bonchev–Trinajstić information content (AvgIpc) is 2.90. The highest BCUT2D eigenvalue weighted by Crippen LogP contribution is 2.27. The Bertz CT molecular complexity index is 380. The van der Waals surface area contributed by atoms with Crippen molar-refractivity contribution in [1.82, 2.24) is 5.32 Å². The van der Waals surface area contributed by atoms with Crippen LogP contribution >= 0.6 is 0 Å². The van der Waals surface area contributed by atoms with Crippen molar-refractivity contribution in [2.75, 3.05) is 7.11 Å². The summed E-state index contributed by atoms with van der Waals surface area (Å²) in [7, 11) is 1.65. The molecule has 1 amide bonds. The molecule has 0 aromatic heterocycles. The maximum atomic E-state index is 11.8. The molecular formula is C15H21NO2. The van der Waals surface area contributed by atoms with Crippen LogP contribution in [-0.2, 0) is 11.3 Å². The van der Waals surface area contributed by atoms with Gasteiger partial charge in [-0.2, -0.15) is 0 Å². The summed E-state index contributed by atoms with van der Waals surface area (Å²) in [4.78, 5) is 11.8. The Morgan fingerprint density at radius 1 is 1.28 bits per heavy atom. The minimum atomic E-state index is 0.178. The fraction of sp³-hybridized carbons (Fsp3) is 0.533. The molecular weight excluding hydrogens is 226 g/mol. The largest absolute Gasteiger partial charge is 0.497 e. The van der Waals surface area contributed by atoms with Gasteiger partial charge in [-0.05, 0) is 36.5 Å². The lowest BCUT2D eigenvalue weighted by Crippen LogP contribution is -2.24. The molecule has 0 atom stereocenters. The number of nitrogens with one attached hydrogen (secondary N) is 1. The van der Waals surface area contributed by atoms with Crippen LogP contribution in [-0.4, -0.2) is 13.0 Å². The van der Waals surface area contributed by atoms with Crippen molar-refractivity contribution in [2.45, 2.75) is 38.6 Å². The van der Waals surface area contributed by atoms with Gasteiger partial charge in [0, 0.05) is 13.0 Å². The minimum absolute atomic E-state index is 0.178. The molecule has 1 saturated carbocycles. The second-order valence-electron chi connectivity index (χ2n) is 4.98. The van der Waals surface area contributed by atoms with E-state index in [0.29, 0.717) is 18.9 Å². The second kappa shape index (κ2) is 6.43. The predicted octanol–water partition coefficient (Wildman–Crippen LogP) is 2.89. The first kappa shape index (κ1) is 12.9. The lowest BCUT2D eigenvalue weighted by molar-refractivity contribution is -0.122. The quantitative estimate of drug-likeness (QED) is 0.868. The highest BCUT2D eigenvalue weighted by Gasteiger charge is 2.17. The molecule has 0 aliphatic heterocycles. The molecule has 1 aromatic rings. The molecule has 3 heteroatoms. The summed E-state index contributed by atoms with van der Waals surface area (Å²) in [5.74, 6) is 1.63. The van der Waals surface area contributed by atoms with Gasteiger partial charge in [0.2, 0.25) is 5.91 Å². The maximum absolute atomic E-state index is 11.8. The summed E-state index contributed by atoms with van der Waals surface area (Å²) in [6.45, 7) is 0.607. The molecule has 1 N–H and O–H groups in total. The van der Waals surface area contributed by atoms with Gasteiger partial charge in [-0.1, -0.05) is 25.0 Å². The Labute approximate surface area is 109 Å². The molecule has 1 aliphatic carbocycles. The molecule has 3 nitrogen and oxygen atoms in total. The van der Waals surface area contributed by atoms with E-state index in [2.05, 4.69) is 5.32 Å². The predicted molar refractivity (Wildman–Crippen MR) is 71.4 cm³/mol. The standard InChI is InChI=1S/C15H21NO2/c1-18-14-8-6-13(7-9-14)11-16-15(17)10-12-4-2-3-5-12/h6-9,12H,2-5,10-11H2,1H3,(H,16,17). The lowest BCUT2D eigenvalue weighted by atomic mass is 10.0. The third-order valence-corrected chi connectivity index (χ3v) is 3.60. The molecule has 0 saturated heterocycles. The summed E-state index contributed by atoms with van der Waals surface area (Å²) in [6.07, 6.45) is 5.70. The van der Waals surface area contributed by atoms with E-state index < -0.39 is 0 Å². The molecule has 0 radical (unpaired) electrons. The summed E-state index contributed by atoms with van der Waals surface area (Å²) in [5.41, 5.74) is 1.11. The number of carbonyl (C=O) groups is 1. The Balaban J connectivity index is 1.74. The molecule has 1 aromatic carbocycles. The van der Waals surface area contributed by atoms with Crippen LogP contribution < -0.4 is 10.1 Å². The third-order valence-electron chi connectivity index (χ3n) is 3.60. The zero-order chi connectivity index (χ0) is 12.8. The summed E-state index contributed by atoms with van der Waals surface area (Å²) in [5, 5.41) is 2.98. The molecule has 2 rings (SSSR count). The number of methoxy groups -OCH3 is 1. The molecule has 98 valence electrons. The van der Waals surface area contributed by atoms with Gasteiger partial charge in [-0.3, -0.25) is 4.79 Å². The average molecular weight is 247 g/mol. The smallest absolute Gasteiger partial charge is 0.220 e. The van der Waals surface area contributed by atoms with Crippen LogP contribution in [0.4, 0.5) is 0 Å². The van der Waals surface area contributed by atoms with E-state index in [4.69, 9.17) is 4.74 Å². The van der Waals surface area contributed by atoms with E-state index in [0.717, 1.165) is 11.3 Å². The molecule has 0 heterocycles. The van der Waals surface area contributed by atoms with Gasteiger partial charge in [0.25, 0.3) is 0 Å². The Morgan fingerprint density at radius 3 is 2.56 bits per heavy atom. The van der Waals surface area contributed by atoms with Crippen molar-refractivity contribution in [3.8, 4) is 5.75 Å². The fourth-order valence-corrected chi connectivity index (χ4v) is 2.49. The highest BCUT2D eigenvalue weighted by atomic mass is 16.5. The summed E-state index contributed by atoms with van der Waals surface area (Å²) in [6, 6.07) is 7.79. The Morgan fingerprint density at radius 2 is 1.94 bits per heavy atom. The van der Waals surface area contributed by atoms with Crippen LogP contribution in [0.3, 0.4) is 0 Å². The van der Waals surface area contributed by atoms with Crippen LogP contribution in [0.25, 0.3) is 0 Å². The van der Waals surface area contributed by atoms with E-state index in [1.54, 1.807) is 7.11 Å². The minimum Gasteiger partial charge on any atom is -0.497 e. The van der Waals surface area contributed by atoms with Gasteiger partial charge in [0.1, 0.15) is 5.75 Å². The van der Waals surface area contributed by atoms with Crippen LogP contribution in [0.2, 0.25) is 0 Å². The first-order valence-corrected chi connectivity index (χ1v) is 6.67. The molecule has 0 bridgehead atoms. The van der Waals surface area contributed by atoms with Gasteiger partial charge < -0.3 is 10.1 Å². The van der Waals surface area contributed by atoms with Crippen molar-refractivity contribution in [1.29, 1.82) is 0 Å². The fourth-order valence-electron chi connectivity index (χ4n) is 2.49. The SMILES string of the molecule is COc1ccc(CNC(=O)CC2CCCC2)cc1. The van der Waals surface area contributed by atoms with Crippen molar-refractivity contribution >= 4 is 5.91 Å². The van der Waals surface area contributed by atoms with E-state index in [-0.39, 0.29) is 5.91 Å². The van der Waals surface area contributed by atoms with Gasteiger partial charge in [-0.25, -0.2) is 0 Å². The number of ether oxygens (including phenoxy) is 1. The topological polar surface area (TPSA) is 38.3 Å². The lowest BCUT2D eigenvalue weighted by Gasteiger charge is -2.10. The van der Waals surface area contributed by atoms with Crippen LogP contribution in [0.1, 0.15) is 37.7 Å². The number of benzene rings is 1. The number of hydrogen-bond acceptors (Lipinski definition) is 2. The van der Waals surface area contributed by atoms with Gasteiger partial charge in [0.05, 0.1) is 7.11 Å². The maximum Gasteiger partial charge on any atom is 0.220 e. The van der Waals surface area contributed by atoms with Crippen molar-refractivity contribution in [2.24, 2.45) is 5.92 Å². The van der Waals surface area contributed by atoms with E-state index in [1.165, 1.54) is 25.7 Å². The summed E-state index contributed by atoms with van der Waals surface area (Å²) >= 11 is 0. The molecule has 1 fully saturated rings. The number of amides is 1. The van der Waals surface area contributed by atoms with E-state index in [1.807, 2.05) is 24.3 Å². The number of rotatable bonds is 5. The first-order chi connectivity index (χ1) is 8.78. The van der Waals surface area contributed by atoms with Crippen LogP contribution in [0.5, 0.6) is 5.75 Å². The zero-order valence-electron chi connectivity index (χ0n) is 10.9. The van der Waals surface area contributed by atoms with Crippen LogP contribution in [0, 0.1) is 5.92 Å². The summed E-state index contributed by atoms with van der Waals surface area (Å²) < 4.78 is 5.10. The van der Waals surface area contributed by atoms with Crippen molar-refractivity contribution < 1.29 is 9.53 Å². The second-order valence-corrected chi connectivity index (χ2v) is 4.98. The van der Waals surface area contributed by atoms with Crippen molar-refractivity contribution in [3.63, 3.8) is 0 Å². The monoisotopic (exact) mass is 247 g/mol. The van der Waals surface area contributed by atoms with Gasteiger partial charge in [0.15, 0.2) is 0 Å². The zero-order valence-corrected chi connectivity index (χ0v) is 10.9. The number of carbonyl (C=O) groups excluding carboxylic acids is 1. The number of hydrogen-bond donors (Lipinski definition) is 1. The molecule has 1 aliphatic rings. The molecule has 18 heavy (non-hydrogen) atoms. The van der Waals surface area contributed by atoms with Gasteiger partial charge in [-0.15, -0.1) is 0 Å². The van der Waals surface area contributed by atoms with Crippen LogP contribution in [0.15, 0.2) is 24.3 Å². The van der Waals surface area contributed by atoms with E-state index >= 15 is 0 Å². The third kappa shape index (κ3) is 3.76. The molecule has 0 unspecified atom stereocenters. The highest BCUT2D eigenvalue weighted by molar-refractivity contribution is 5.76. The Kier molecular flexibility index (Phi) is 4.62. The van der Waals surface area contributed by atoms with Gasteiger partial charge >= 0.3 is 0 Å². The van der Waals surface area contributed by atoms with E-state index in [9.17, 15) is 4.79 Å². The Hall–Kier alpha value is -1.51. The first-order valence-electron chi connectivity index (χ1n) is 6.67. The van der Waals surface area contributed by atoms with Crippen molar-refractivity contribution in [3.05, 3.63) is 29.8 Å². The molecule has 0 spiro atoms. The normalized spacial score (nSPS) is 15.6.